The quantitative estimate of drug-likeness (QED) is 0.563. The fraction of sp³-hybridized carbons (Fsp3) is 0.130. The Morgan fingerprint density at radius 2 is 2.03 bits per heavy atom. The fourth-order valence-corrected chi connectivity index (χ4v) is 3.04. The topological polar surface area (TPSA) is 80.2 Å². The van der Waals surface area contributed by atoms with Crippen molar-refractivity contribution in [1.82, 2.24) is 20.1 Å². The van der Waals surface area contributed by atoms with Gasteiger partial charge in [0, 0.05) is 31.2 Å². The molecule has 1 aliphatic rings. The van der Waals surface area contributed by atoms with E-state index in [4.69, 9.17) is 4.74 Å². The summed E-state index contributed by atoms with van der Waals surface area (Å²) in [6, 6.07) is 12.2. The van der Waals surface area contributed by atoms with E-state index in [-0.39, 0.29) is 11.9 Å². The number of nitrogens with one attached hydrogen (secondary N) is 1. The van der Waals surface area contributed by atoms with Crippen molar-refractivity contribution in [2.75, 3.05) is 11.9 Å². The lowest BCUT2D eigenvalue weighted by Gasteiger charge is -2.22. The number of ether oxygens (including phenoxy) is 1. The van der Waals surface area contributed by atoms with Crippen molar-refractivity contribution < 1.29 is 22.7 Å². The van der Waals surface area contributed by atoms with Crippen LogP contribution in [-0.4, -0.2) is 32.7 Å². The van der Waals surface area contributed by atoms with Crippen molar-refractivity contribution in [2.45, 2.75) is 12.6 Å². The number of hydrogen-bond acceptors (Lipinski definition) is 5. The molecule has 0 fully saturated rings. The van der Waals surface area contributed by atoms with Gasteiger partial charge in [0.25, 0.3) is 0 Å². The van der Waals surface area contributed by atoms with Gasteiger partial charge in [0.15, 0.2) is 5.82 Å². The molecule has 3 heterocycles. The molecule has 33 heavy (non-hydrogen) atoms. The van der Waals surface area contributed by atoms with Gasteiger partial charge in [-0.25, -0.2) is 9.78 Å². The van der Waals surface area contributed by atoms with Gasteiger partial charge in [0.05, 0.1) is 5.56 Å². The molecule has 1 aliphatic heterocycles. The first-order chi connectivity index (χ1) is 15.9. The Bertz CT molecular complexity index is 1180. The highest BCUT2D eigenvalue weighted by Gasteiger charge is 2.30. The van der Waals surface area contributed by atoms with Gasteiger partial charge in [-0.05, 0) is 54.0 Å². The molecule has 3 aromatic rings. The number of rotatable bonds is 4. The third kappa shape index (κ3) is 5.94. The summed E-state index contributed by atoms with van der Waals surface area (Å²) in [5.74, 6) is 0.882. The van der Waals surface area contributed by atoms with E-state index >= 15 is 0 Å². The van der Waals surface area contributed by atoms with Gasteiger partial charge in [-0.2, -0.15) is 18.3 Å². The SMILES string of the molecule is O=C(Nc1cccnn1)N1C=CC(=Cc2cccc(Oc3ccc(C(F)(F)F)cn3)c2)CC1. The standard InChI is InChI=1S/C23H18F3N5O2/c24-23(25,26)18-6-7-21(27-15-18)33-19-4-1-3-17(14-19)13-16-8-11-31(12-9-16)22(32)29-20-5-2-10-28-30-20/h1-8,10-11,13-15H,9,12H2,(H,29,30,32). The summed E-state index contributed by atoms with van der Waals surface area (Å²) in [5.41, 5.74) is 1.01. The second-order valence-corrected chi connectivity index (χ2v) is 7.07. The molecule has 0 saturated heterocycles. The Hall–Kier alpha value is -4.21. The van der Waals surface area contributed by atoms with E-state index in [1.165, 1.54) is 12.3 Å². The van der Waals surface area contributed by atoms with Crippen molar-refractivity contribution in [1.29, 1.82) is 0 Å². The third-order valence-corrected chi connectivity index (χ3v) is 4.67. The first kappa shape index (κ1) is 22.0. The van der Waals surface area contributed by atoms with Crippen LogP contribution in [0.1, 0.15) is 17.5 Å². The Morgan fingerprint density at radius 3 is 2.70 bits per heavy atom. The monoisotopic (exact) mass is 453 g/mol. The highest BCUT2D eigenvalue weighted by molar-refractivity contribution is 5.89. The molecular formula is C23H18F3N5O2. The minimum Gasteiger partial charge on any atom is -0.439 e. The highest BCUT2D eigenvalue weighted by atomic mass is 19.4. The fourth-order valence-electron chi connectivity index (χ4n) is 3.04. The van der Waals surface area contributed by atoms with Crippen LogP contribution >= 0.6 is 0 Å². The predicted octanol–water partition coefficient (Wildman–Crippen LogP) is 5.52. The largest absolute Gasteiger partial charge is 0.439 e. The number of anilines is 1. The lowest BCUT2D eigenvalue weighted by atomic mass is 10.1. The number of amides is 2. The van der Waals surface area contributed by atoms with Crippen LogP contribution in [0.4, 0.5) is 23.8 Å². The summed E-state index contributed by atoms with van der Waals surface area (Å²) in [5, 5.41) is 10.2. The number of aromatic nitrogens is 3. The minimum absolute atomic E-state index is 0.0649. The lowest BCUT2D eigenvalue weighted by Crippen LogP contribution is -2.33. The summed E-state index contributed by atoms with van der Waals surface area (Å²) >= 11 is 0. The van der Waals surface area contributed by atoms with Gasteiger partial charge in [0.2, 0.25) is 5.88 Å². The van der Waals surface area contributed by atoms with E-state index in [0.29, 0.717) is 24.5 Å². The molecule has 0 aliphatic carbocycles. The van der Waals surface area contributed by atoms with Crippen molar-refractivity contribution >= 4 is 17.9 Å². The number of halogens is 3. The molecule has 0 saturated carbocycles. The molecule has 10 heteroatoms. The normalized spacial score (nSPS) is 14.9. The van der Waals surface area contributed by atoms with Crippen LogP contribution in [0.2, 0.25) is 0 Å². The molecule has 0 radical (unpaired) electrons. The number of carbonyl (C=O) groups excluding carboxylic acids is 1. The third-order valence-electron chi connectivity index (χ3n) is 4.67. The Morgan fingerprint density at radius 1 is 1.15 bits per heavy atom. The Kier molecular flexibility index (Phi) is 6.34. The van der Waals surface area contributed by atoms with E-state index in [1.807, 2.05) is 18.2 Å². The molecule has 2 aromatic heterocycles. The zero-order valence-electron chi connectivity index (χ0n) is 17.2. The van der Waals surface area contributed by atoms with E-state index in [1.54, 1.807) is 41.4 Å². The second kappa shape index (κ2) is 9.51. The van der Waals surface area contributed by atoms with E-state index in [2.05, 4.69) is 20.5 Å². The zero-order chi connectivity index (χ0) is 23.3. The maximum absolute atomic E-state index is 12.7. The molecule has 7 nitrogen and oxygen atoms in total. The van der Waals surface area contributed by atoms with Crippen molar-refractivity contribution in [3.63, 3.8) is 0 Å². The van der Waals surface area contributed by atoms with E-state index < -0.39 is 11.7 Å². The van der Waals surface area contributed by atoms with E-state index in [0.717, 1.165) is 23.4 Å². The maximum Gasteiger partial charge on any atom is 0.417 e. The highest BCUT2D eigenvalue weighted by Crippen LogP contribution is 2.30. The van der Waals surface area contributed by atoms with Gasteiger partial charge in [-0.3, -0.25) is 5.32 Å². The average molecular weight is 453 g/mol. The van der Waals surface area contributed by atoms with Gasteiger partial charge in [-0.1, -0.05) is 18.2 Å². The lowest BCUT2D eigenvalue weighted by molar-refractivity contribution is -0.137. The maximum atomic E-state index is 12.7. The number of carbonyl (C=O) groups is 1. The summed E-state index contributed by atoms with van der Waals surface area (Å²) in [6.07, 6.45) is 3.92. The van der Waals surface area contributed by atoms with Crippen LogP contribution in [0, 0.1) is 0 Å². The van der Waals surface area contributed by atoms with Crippen LogP contribution in [0.5, 0.6) is 11.6 Å². The molecule has 4 rings (SSSR count). The number of benzene rings is 1. The van der Waals surface area contributed by atoms with E-state index in [9.17, 15) is 18.0 Å². The number of urea groups is 1. The summed E-state index contributed by atoms with van der Waals surface area (Å²) in [4.78, 5) is 17.6. The zero-order valence-corrected chi connectivity index (χ0v) is 17.2. The van der Waals surface area contributed by atoms with Gasteiger partial charge < -0.3 is 9.64 Å². The van der Waals surface area contributed by atoms with Crippen LogP contribution in [-0.2, 0) is 6.18 Å². The number of alkyl halides is 3. The molecule has 2 amide bonds. The number of hydrogen-bond donors (Lipinski definition) is 1. The number of pyridine rings is 1. The molecular weight excluding hydrogens is 435 g/mol. The molecule has 1 N–H and O–H groups in total. The Balaban J connectivity index is 1.39. The van der Waals surface area contributed by atoms with Crippen LogP contribution in [0.15, 0.2) is 78.8 Å². The minimum atomic E-state index is -4.45. The Labute approximate surface area is 187 Å². The van der Waals surface area contributed by atoms with Crippen LogP contribution in [0.25, 0.3) is 6.08 Å². The van der Waals surface area contributed by atoms with Gasteiger partial charge >= 0.3 is 12.2 Å². The average Bonchev–Trinajstić information content (AvgIpc) is 2.80. The molecule has 0 unspecified atom stereocenters. The van der Waals surface area contributed by atoms with Crippen LogP contribution < -0.4 is 10.1 Å². The molecule has 0 spiro atoms. The first-order valence-corrected chi connectivity index (χ1v) is 9.92. The number of nitrogens with zero attached hydrogens (tertiary/aromatic N) is 4. The van der Waals surface area contributed by atoms with Crippen molar-refractivity contribution in [2.24, 2.45) is 0 Å². The molecule has 1 aromatic carbocycles. The van der Waals surface area contributed by atoms with Crippen LogP contribution in [0.3, 0.4) is 0 Å². The van der Waals surface area contributed by atoms with Gasteiger partial charge in [-0.15, -0.1) is 5.10 Å². The number of allylic oxidation sites excluding steroid dienone is 1. The first-order valence-electron chi connectivity index (χ1n) is 9.92. The molecule has 168 valence electrons. The summed E-state index contributed by atoms with van der Waals surface area (Å²) in [6.45, 7) is 0.486. The summed E-state index contributed by atoms with van der Waals surface area (Å²) in [7, 11) is 0. The molecule has 0 bridgehead atoms. The molecule has 0 atom stereocenters. The predicted molar refractivity (Wildman–Crippen MR) is 115 cm³/mol. The van der Waals surface area contributed by atoms with Crippen molar-refractivity contribution in [3.05, 3.63) is 89.9 Å². The second-order valence-electron chi connectivity index (χ2n) is 7.07. The smallest absolute Gasteiger partial charge is 0.417 e. The summed E-state index contributed by atoms with van der Waals surface area (Å²) < 4.78 is 43.6. The van der Waals surface area contributed by atoms with Crippen molar-refractivity contribution in [3.8, 4) is 11.6 Å². The van der Waals surface area contributed by atoms with Gasteiger partial charge in [0.1, 0.15) is 5.75 Å².